The summed E-state index contributed by atoms with van der Waals surface area (Å²) in [6, 6.07) is 10.8. The molecule has 1 heterocycles. The molecule has 0 aliphatic carbocycles. The van der Waals surface area contributed by atoms with E-state index in [0.29, 0.717) is 29.5 Å². The maximum atomic E-state index is 13.3. The highest BCUT2D eigenvalue weighted by atomic mass is 35.5. The van der Waals surface area contributed by atoms with Crippen molar-refractivity contribution in [1.82, 2.24) is 14.8 Å². The number of aromatic nitrogens is 3. The van der Waals surface area contributed by atoms with Gasteiger partial charge < -0.3 is 15.0 Å². The lowest BCUT2D eigenvalue weighted by molar-refractivity contribution is 0.0940. The van der Waals surface area contributed by atoms with E-state index in [1.807, 2.05) is 25.3 Å². The predicted molar refractivity (Wildman–Crippen MR) is 105 cm³/mol. The summed E-state index contributed by atoms with van der Waals surface area (Å²) in [5.41, 5.74) is 5.62. The average Bonchev–Trinajstić information content (AvgIpc) is 3.09. The van der Waals surface area contributed by atoms with Crippen molar-refractivity contribution in [3.63, 3.8) is 0 Å². The van der Waals surface area contributed by atoms with Crippen LogP contribution in [-0.2, 0) is 12.1 Å². The van der Waals surface area contributed by atoms with Gasteiger partial charge in [-0.1, -0.05) is 23.7 Å². The van der Waals surface area contributed by atoms with Gasteiger partial charge in [0, 0.05) is 17.7 Å². The topological polar surface area (TPSA) is 83.0 Å². The SMILES string of the molecule is CCn1c(-c2ccc(C(N)=O)cc2)nnc1C(C)(C)Oc1ccc(F)cc1Cl. The first-order valence-corrected chi connectivity index (χ1v) is 9.08. The Morgan fingerprint density at radius 2 is 1.89 bits per heavy atom. The number of carbonyl (C=O) groups is 1. The fraction of sp³-hybridized carbons (Fsp3) is 0.250. The summed E-state index contributed by atoms with van der Waals surface area (Å²) in [6.07, 6.45) is 0. The highest BCUT2D eigenvalue weighted by Crippen LogP contribution is 2.33. The van der Waals surface area contributed by atoms with Crippen LogP contribution >= 0.6 is 11.6 Å². The normalized spacial score (nSPS) is 11.5. The first-order chi connectivity index (χ1) is 13.2. The zero-order valence-corrected chi connectivity index (χ0v) is 16.5. The third-order valence-electron chi connectivity index (χ3n) is 4.29. The molecule has 1 aromatic heterocycles. The maximum absolute atomic E-state index is 13.3. The zero-order chi connectivity index (χ0) is 20.5. The summed E-state index contributed by atoms with van der Waals surface area (Å²) in [7, 11) is 0. The molecule has 3 aromatic rings. The fourth-order valence-corrected chi connectivity index (χ4v) is 3.13. The van der Waals surface area contributed by atoms with Gasteiger partial charge in [-0.15, -0.1) is 10.2 Å². The molecule has 2 aromatic carbocycles. The quantitative estimate of drug-likeness (QED) is 0.670. The van der Waals surface area contributed by atoms with Crippen LogP contribution < -0.4 is 10.5 Å². The van der Waals surface area contributed by atoms with E-state index in [1.54, 1.807) is 24.3 Å². The molecular formula is C20H20ClFN4O2. The van der Waals surface area contributed by atoms with Gasteiger partial charge in [-0.3, -0.25) is 4.79 Å². The van der Waals surface area contributed by atoms with Crippen molar-refractivity contribution >= 4 is 17.5 Å². The summed E-state index contributed by atoms with van der Waals surface area (Å²) < 4.78 is 21.2. The van der Waals surface area contributed by atoms with Gasteiger partial charge in [0.25, 0.3) is 0 Å². The third kappa shape index (κ3) is 3.84. The molecule has 6 nitrogen and oxygen atoms in total. The van der Waals surface area contributed by atoms with Crippen molar-refractivity contribution < 1.29 is 13.9 Å². The molecule has 8 heteroatoms. The van der Waals surface area contributed by atoms with Crippen molar-refractivity contribution in [2.75, 3.05) is 0 Å². The number of amides is 1. The minimum Gasteiger partial charge on any atom is -0.478 e. The molecule has 0 aliphatic heterocycles. The number of ether oxygens (including phenoxy) is 1. The number of hydrogen-bond donors (Lipinski definition) is 1. The molecule has 0 saturated carbocycles. The Morgan fingerprint density at radius 1 is 1.21 bits per heavy atom. The smallest absolute Gasteiger partial charge is 0.248 e. The minimum atomic E-state index is -0.879. The standard InChI is InChI=1S/C20H20ClFN4O2/c1-4-26-18(13-7-5-12(6-8-13)17(23)27)24-25-19(26)20(2,3)28-16-10-9-14(22)11-15(16)21/h5-11H,4H2,1-3H3,(H2,23,27). The largest absolute Gasteiger partial charge is 0.478 e. The number of carbonyl (C=O) groups excluding carboxylic acids is 1. The molecule has 3 rings (SSSR count). The second-order valence-electron chi connectivity index (χ2n) is 6.72. The van der Waals surface area contributed by atoms with E-state index in [1.165, 1.54) is 18.2 Å². The van der Waals surface area contributed by atoms with Crippen LogP contribution in [0.2, 0.25) is 5.02 Å². The maximum Gasteiger partial charge on any atom is 0.248 e. The van der Waals surface area contributed by atoms with Gasteiger partial charge in [0.2, 0.25) is 5.91 Å². The first-order valence-electron chi connectivity index (χ1n) is 8.71. The highest BCUT2D eigenvalue weighted by Gasteiger charge is 2.31. The van der Waals surface area contributed by atoms with Crippen LogP contribution in [0, 0.1) is 5.82 Å². The van der Waals surface area contributed by atoms with Crippen molar-refractivity contribution in [3.8, 4) is 17.1 Å². The molecule has 146 valence electrons. The molecule has 2 N–H and O–H groups in total. The Labute approximate surface area is 167 Å². The molecule has 0 bridgehead atoms. The number of nitrogens with zero attached hydrogens (tertiary/aromatic N) is 3. The lowest BCUT2D eigenvalue weighted by Crippen LogP contribution is -2.30. The van der Waals surface area contributed by atoms with Crippen LogP contribution in [0.15, 0.2) is 42.5 Å². The van der Waals surface area contributed by atoms with Crippen LogP contribution in [0.3, 0.4) is 0 Å². The summed E-state index contributed by atoms with van der Waals surface area (Å²) in [5, 5.41) is 8.79. The Hall–Kier alpha value is -2.93. The molecule has 0 fully saturated rings. The van der Waals surface area contributed by atoms with Gasteiger partial charge in [-0.2, -0.15) is 0 Å². The molecule has 0 aliphatic rings. The van der Waals surface area contributed by atoms with E-state index in [2.05, 4.69) is 10.2 Å². The van der Waals surface area contributed by atoms with Crippen LogP contribution in [0.1, 0.15) is 37.0 Å². The van der Waals surface area contributed by atoms with Gasteiger partial charge in [0.05, 0.1) is 5.02 Å². The van der Waals surface area contributed by atoms with Gasteiger partial charge in [-0.05, 0) is 51.1 Å². The van der Waals surface area contributed by atoms with E-state index in [0.717, 1.165) is 5.56 Å². The zero-order valence-electron chi connectivity index (χ0n) is 15.7. The van der Waals surface area contributed by atoms with Gasteiger partial charge in [0.15, 0.2) is 17.2 Å². The molecule has 0 radical (unpaired) electrons. The van der Waals surface area contributed by atoms with E-state index in [-0.39, 0.29) is 5.02 Å². The van der Waals surface area contributed by atoms with Crippen LogP contribution in [0.4, 0.5) is 4.39 Å². The second-order valence-corrected chi connectivity index (χ2v) is 7.13. The highest BCUT2D eigenvalue weighted by molar-refractivity contribution is 6.32. The second kappa shape index (κ2) is 7.59. The molecule has 0 atom stereocenters. The monoisotopic (exact) mass is 402 g/mol. The Kier molecular flexibility index (Phi) is 5.38. The number of hydrogen-bond acceptors (Lipinski definition) is 4. The van der Waals surface area contributed by atoms with Gasteiger partial charge in [-0.25, -0.2) is 4.39 Å². The Balaban J connectivity index is 1.97. The van der Waals surface area contributed by atoms with E-state index < -0.39 is 17.3 Å². The molecule has 28 heavy (non-hydrogen) atoms. The lowest BCUT2D eigenvalue weighted by Gasteiger charge is -2.26. The van der Waals surface area contributed by atoms with E-state index in [4.69, 9.17) is 22.1 Å². The number of halogens is 2. The summed E-state index contributed by atoms with van der Waals surface area (Å²) in [6.45, 7) is 6.24. The van der Waals surface area contributed by atoms with Crippen molar-refractivity contribution in [2.45, 2.75) is 32.9 Å². The minimum absolute atomic E-state index is 0.179. The Morgan fingerprint density at radius 3 is 2.46 bits per heavy atom. The predicted octanol–water partition coefficient (Wildman–Crippen LogP) is 4.17. The number of rotatable bonds is 6. The fourth-order valence-electron chi connectivity index (χ4n) is 2.92. The van der Waals surface area contributed by atoms with Crippen molar-refractivity contribution in [1.29, 1.82) is 0 Å². The molecule has 1 amide bonds. The van der Waals surface area contributed by atoms with Crippen molar-refractivity contribution in [3.05, 3.63) is 64.7 Å². The first kappa shape index (κ1) is 19.8. The van der Waals surface area contributed by atoms with Crippen LogP contribution in [0.5, 0.6) is 5.75 Å². The molecular weight excluding hydrogens is 383 g/mol. The van der Waals surface area contributed by atoms with Crippen molar-refractivity contribution in [2.24, 2.45) is 5.73 Å². The Bertz CT molecular complexity index is 1020. The summed E-state index contributed by atoms with van der Waals surface area (Å²) >= 11 is 6.09. The number of benzene rings is 2. The molecule has 0 spiro atoms. The lowest BCUT2D eigenvalue weighted by atomic mass is 10.1. The summed E-state index contributed by atoms with van der Waals surface area (Å²) in [5.74, 6) is 0.648. The van der Waals surface area contributed by atoms with Crippen LogP contribution in [-0.4, -0.2) is 20.7 Å². The third-order valence-corrected chi connectivity index (χ3v) is 4.59. The van der Waals surface area contributed by atoms with E-state index >= 15 is 0 Å². The average molecular weight is 403 g/mol. The van der Waals surface area contributed by atoms with Gasteiger partial charge >= 0.3 is 0 Å². The van der Waals surface area contributed by atoms with E-state index in [9.17, 15) is 9.18 Å². The van der Waals surface area contributed by atoms with Gasteiger partial charge in [0.1, 0.15) is 11.6 Å². The molecule has 0 unspecified atom stereocenters. The number of primary amides is 1. The summed E-state index contributed by atoms with van der Waals surface area (Å²) in [4.78, 5) is 11.3. The number of nitrogens with two attached hydrogens (primary N) is 1. The van der Waals surface area contributed by atoms with Crippen LogP contribution in [0.25, 0.3) is 11.4 Å². The molecule has 0 saturated heterocycles.